The minimum atomic E-state index is -0.0953. The van der Waals surface area contributed by atoms with Gasteiger partial charge in [-0.2, -0.15) is 0 Å². The lowest BCUT2D eigenvalue weighted by atomic mass is 10.1. The van der Waals surface area contributed by atoms with Crippen molar-refractivity contribution < 1.29 is 9.53 Å². The van der Waals surface area contributed by atoms with Gasteiger partial charge >= 0.3 is 5.97 Å². The molecule has 112 valence electrons. The molecule has 1 aromatic heterocycles. The van der Waals surface area contributed by atoms with Crippen molar-refractivity contribution in [2.24, 2.45) is 0 Å². The summed E-state index contributed by atoms with van der Waals surface area (Å²) in [5.74, 6) is -0.0953. The van der Waals surface area contributed by atoms with Crippen LogP contribution in [0.3, 0.4) is 0 Å². The van der Waals surface area contributed by atoms with E-state index in [4.69, 9.17) is 4.74 Å². The first-order chi connectivity index (χ1) is 9.72. The summed E-state index contributed by atoms with van der Waals surface area (Å²) in [5.41, 5.74) is 0. The van der Waals surface area contributed by atoms with Gasteiger partial charge < -0.3 is 4.74 Å². The Morgan fingerprint density at radius 2 is 2.10 bits per heavy atom. The minimum absolute atomic E-state index is 0.0953. The van der Waals surface area contributed by atoms with Gasteiger partial charge in [0.2, 0.25) is 0 Å². The molecule has 0 aromatic carbocycles. The molecule has 0 radical (unpaired) electrons. The van der Waals surface area contributed by atoms with Crippen molar-refractivity contribution in [1.82, 2.24) is 4.90 Å². The molecule has 20 heavy (non-hydrogen) atoms. The Kier molecular flexibility index (Phi) is 6.52. The molecule has 1 aliphatic heterocycles. The monoisotopic (exact) mass is 359 g/mol. The van der Waals surface area contributed by atoms with Gasteiger partial charge in [0.25, 0.3) is 0 Å². The summed E-state index contributed by atoms with van der Waals surface area (Å²) < 4.78 is 6.27. The average molecular weight is 360 g/mol. The van der Waals surface area contributed by atoms with Crippen LogP contribution in [0, 0.1) is 0 Å². The maximum Gasteiger partial charge on any atom is 0.307 e. The number of carbonyl (C=O) groups excluding carboxylic acids is 1. The van der Waals surface area contributed by atoms with Crippen LogP contribution in [-0.4, -0.2) is 30.6 Å². The zero-order chi connectivity index (χ0) is 14.4. The van der Waals surface area contributed by atoms with Crippen LogP contribution in [0.15, 0.2) is 15.9 Å². The van der Waals surface area contributed by atoms with Crippen molar-refractivity contribution in [3.63, 3.8) is 0 Å². The molecular formula is C15H22BrNO2S. The first-order valence-electron chi connectivity index (χ1n) is 7.35. The van der Waals surface area contributed by atoms with Gasteiger partial charge in [0.15, 0.2) is 0 Å². The molecular weight excluding hydrogens is 338 g/mol. The Balaban J connectivity index is 2.14. The highest BCUT2D eigenvalue weighted by Crippen LogP contribution is 2.36. The van der Waals surface area contributed by atoms with Crippen LogP contribution in [0.2, 0.25) is 0 Å². The van der Waals surface area contributed by atoms with E-state index >= 15 is 0 Å². The third-order valence-electron chi connectivity index (χ3n) is 3.69. The third-order valence-corrected chi connectivity index (χ3v) is 5.67. The van der Waals surface area contributed by atoms with E-state index in [1.165, 1.54) is 30.6 Å². The molecule has 1 aromatic rings. The number of hydrogen-bond donors (Lipinski definition) is 0. The van der Waals surface area contributed by atoms with Gasteiger partial charge in [-0.1, -0.05) is 12.8 Å². The van der Waals surface area contributed by atoms with Gasteiger partial charge in [0.1, 0.15) is 0 Å². The molecule has 1 aliphatic rings. The second-order valence-electron chi connectivity index (χ2n) is 5.11. The molecule has 2 rings (SSSR count). The number of carbonyl (C=O) groups is 1. The van der Waals surface area contributed by atoms with E-state index in [-0.39, 0.29) is 12.0 Å². The van der Waals surface area contributed by atoms with Gasteiger partial charge in [0, 0.05) is 9.35 Å². The average Bonchev–Trinajstić information content (AvgIpc) is 2.68. The van der Waals surface area contributed by atoms with Gasteiger partial charge in [-0.05, 0) is 60.2 Å². The molecule has 1 atom stereocenters. The fraction of sp³-hybridized carbons (Fsp3) is 0.667. The van der Waals surface area contributed by atoms with Crippen LogP contribution in [0.4, 0.5) is 0 Å². The Labute approximate surface area is 133 Å². The zero-order valence-corrected chi connectivity index (χ0v) is 14.3. The van der Waals surface area contributed by atoms with E-state index < -0.39 is 0 Å². The lowest BCUT2D eigenvalue weighted by molar-refractivity contribution is -0.144. The van der Waals surface area contributed by atoms with Crippen molar-refractivity contribution in [2.75, 3.05) is 19.7 Å². The Bertz CT molecular complexity index is 427. The molecule has 3 nitrogen and oxygen atoms in total. The highest BCUT2D eigenvalue weighted by Gasteiger charge is 2.27. The molecule has 0 spiro atoms. The molecule has 0 aliphatic carbocycles. The second-order valence-corrected chi connectivity index (χ2v) is 6.91. The fourth-order valence-corrected chi connectivity index (χ4v) is 4.49. The lowest BCUT2D eigenvalue weighted by Crippen LogP contribution is -2.31. The van der Waals surface area contributed by atoms with Crippen LogP contribution in [0.1, 0.15) is 49.9 Å². The van der Waals surface area contributed by atoms with Crippen LogP contribution < -0.4 is 0 Å². The number of halogens is 1. The number of likely N-dealkylation sites (tertiary alicyclic amines) is 1. The highest BCUT2D eigenvalue weighted by molar-refractivity contribution is 9.10. The Morgan fingerprint density at radius 3 is 2.65 bits per heavy atom. The van der Waals surface area contributed by atoms with Crippen molar-refractivity contribution in [3.05, 3.63) is 20.8 Å². The van der Waals surface area contributed by atoms with Gasteiger partial charge in [-0.15, -0.1) is 11.3 Å². The van der Waals surface area contributed by atoms with Gasteiger partial charge in [-0.25, -0.2) is 0 Å². The molecule has 1 unspecified atom stereocenters. The standard InChI is InChI=1S/C15H22BrNO2S/c1-2-19-14(18)11-13(15-12(16)7-10-20-15)17-8-5-3-4-6-9-17/h7,10,13H,2-6,8-9,11H2,1H3. The second kappa shape index (κ2) is 8.15. The molecule has 0 saturated carbocycles. The lowest BCUT2D eigenvalue weighted by Gasteiger charge is -2.29. The smallest absolute Gasteiger partial charge is 0.307 e. The van der Waals surface area contributed by atoms with Crippen molar-refractivity contribution in [3.8, 4) is 0 Å². The highest BCUT2D eigenvalue weighted by atomic mass is 79.9. The van der Waals surface area contributed by atoms with E-state index in [0.717, 1.165) is 17.6 Å². The first-order valence-corrected chi connectivity index (χ1v) is 9.02. The maximum atomic E-state index is 11.9. The van der Waals surface area contributed by atoms with Gasteiger partial charge in [0.05, 0.1) is 19.1 Å². The molecule has 1 fully saturated rings. The predicted octanol–water partition coefficient (Wildman–Crippen LogP) is 4.38. The number of ether oxygens (including phenoxy) is 1. The molecule has 0 amide bonds. The quantitative estimate of drug-likeness (QED) is 0.730. The number of hydrogen-bond acceptors (Lipinski definition) is 4. The van der Waals surface area contributed by atoms with E-state index in [2.05, 4.69) is 32.3 Å². The van der Waals surface area contributed by atoms with Crippen LogP contribution >= 0.6 is 27.3 Å². The summed E-state index contributed by atoms with van der Waals surface area (Å²) >= 11 is 5.34. The Morgan fingerprint density at radius 1 is 1.40 bits per heavy atom. The van der Waals surface area contributed by atoms with Crippen molar-refractivity contribution in [2.45, 2.75) is 45.1 Å². The summed E-state index contributed by atoms with van der Waals surface area (Å²) in [6.45, 7) is 4.47. The fourth-order valence-electron chi connectivity index (χ4n) is 2.72. The number of esters is 1. The largest absolute Gasteiger partial charge is 0.466 e. The Hall–Kier alpha value is -0.390. The van der Waals surface area contributed by atoms with E-state index in [1.807, 2.05) is 6.92 Å². The summed E-state index contributed by atoms with van der Waals surface area (Å²) in [5, 5.41) is 2.08. The SMILES string of the molecule is CCOC(=O)CC(c1sccc1Br)N1CCCCCC1. The van der Waals surface area contributed by atoms with Gasteiger partial charge in [-0.3, -0.25) is 9.69 Å². The molecule has 0 N–H and O–H groups in total. The first kappa shape index (κ1) is 16.0. The zero-order valence-electron chi connectivity index (χ0n) is 11.9. The van der Waals surface area contributed by atoms with E-state index in [1.54, 1.807) is 11.3 Å². The van der Waals surface area contributed by atoms with Crippen LogP contribution in [0.5, 0.6) is 0 Å². The van der Waals surface area contributed by atoms with Crippen molar-refractivity contribution >= 4 is 33.2 Å². The number of thiophene rings is 1. The summed E-state index contributed by atoms with van der Waals surface area (Å²) in [6.07, 6.45) is 5.50. The van der Waals surface area contributed by atoms with Crippen molar-refractivity contribution in [1.29, 1.82) is 0 Å². The summed E-state index contributed by atoms with van der Waals surface area (Å²) in [7, 11) is 0. The van der Waals surface area contributed by atoms with E-state index in [0.29, 0.717) is 13.0 Å². The topological polar surface area (TPSA) is 29.5 Å². The van der Waals surface area contributed by atoms with E-state index in [9.17, 15) is 4.79 Å². The normalized spacial score (nSPS) is 18.5. The van der Waals surface area contributed by atoms with Crippen LogP contribution in [0.25, 0.3) is 0 Å². The maximum absolute atomic E-state index is 11.9. The number of rotatable bonds is 5. The molecule has 0 bridgehead atoms. The number of nitrogens with zero attached hydrogens (tertiary/aromatic N) is 1. The molecule has 1 saturated heterocycles. The predicted molar refractivity (Wildman–Crippen MR) is 86.1 cm³/mol. The molecule has 5 heteroatoms. The molecule has 2 heterocycles. The third kappa shape index (κ3) is 4.30. The summed E-state index contributed by atoms with van der Waals surface area (Å²) in [4.78, 5) is 15.6. The summed E-state index contributed by atoms with van der Waals surface area (Å²) in [6, 6.07) is 2.22. The van der Waals surface area contributed by atoms with Crippen LogP contribution in [-0.2, 0) is 9.53 Å². The minimum Gasteiger partial charge on any atom is -0.466 e.